The molecule has 1 aliphatic rings. The van der Waals surface area contributed by atoms with E-state index in [1.165, 1.54) is 25.1 Å². The molecular formula is C19H19NO7. The third kappa shape index (κ3) is 6.43. The van der Waals surface area contributed by atoms with E-state index in [1.807, 2.05) is 6.08 Å². The fourth-order valence-corrected chi connectivity index (χ4v) is 2.55. The smallest absolute Gasteiger partial charge is 0.315 e. The lowest BCUT2D eigenvalue weighted by Gasteiger charge is -2.13. The minimum absolute atomic E-state index is 0.0604. The molecule has 0 saturated carbocycles. The van der Waals surface area contributed by atoms with Crippen molar-refractivity contribution in [2.45, 2.75) is 26.2 Å². The molecule has 0 N–H and O–H groups in total. The van der Waals surface area contributed by atoms with Crippen molar-refractivity contribution < 1.29 is 29.0 Å². The molecule has 0 saturated heterocycles. The topological polar surface area (TPSA) is 105 Å². The van der Waals surface area contributed by atoms with Crippen molar-refractivity contribution >= 4 is 18.0 Å². The van der Waals surface area contributed by atoms with E-state index in [0.29, 0.717) is 35.5 Å². The van der Waals surface area contributed by atoms with Gasteiger partial charge in [-0.15, -0.1) is 10.1 Å². The van der Waals surface area contributed by atoms with Crippen LogP contribution < -0.4 is 9.47 Å². The number of nitrogens with zero attached hydrogens (tertiary/aromatic N) is 1. The second-order valence-corrected chi connectivity index (χ2v) is 5.77. The van der Waals surface area contributed by atoms with Crippen LogP contribution in [0.3, 0.4) is 0 Å². The van der Waals surface area contributed by atoms with E-state index in [4.69, 9.17) is 9.47 Å². The Balaban J connectivity index is 1.99. The van der Waals surface area contributed by atoms with Gasteiger partial charge in [0.05, 0.1) is 6.42 Å². The maximum Gasteiger partial charge on any atom is 0.315 e. The van der Waals surface area contributed by atoms with Crippen LogP contribution in [0.15, 0.2) is 48.1 Å². The number of ether oxygens (including phenoxy) is 2. The summed E-state index contributed by atoms with van der Waals surface area (Å²) in [6, 6.07) is 4.60. The van der Waals surface area contributed by atoms with E-state index in [1.54, 1.807) is 12.1 Å². The third-order valence-corrected chi connectivity index (χ3v) is 3.66. The summed E-state index contributed by atoms with van der Waals surface area (Å²) in [5.74, 6) is -0.299. The predicted octanol–water partition coefficient (Wildman–Crippen LogP) is 3.41. The van der Waals surface area contributed by atoms with Crippen LogP contribution in [0.2, 0.25) is 0 Å². The van der Waals surface area contributed by atoms with Gasteiger partial charge in [-0.25, -0.2) is 0 Å². The lowest BCUT2D eigenvalue weighted by Crippen LogP contribution is -2.11. The second-order valence-electron chi connectivity index (χ2n) is 5.77. The van der Waals surface area contributed by atoms with Crippen LogP contribution in [-0.4, -0.2) is 23.6 Å². The standard InChI is InChI=1S/C19H19NO7/c1-3-16-11-17(7-8-18(16)26-13(2)21)27-19(22)10-14-5-4-6-15(9-14)12-25-20(23)24/h3,6-9,11H,1,4-5,10,12H2,2H3. The molecule has 1 aromatic rings. The molecule has 0 radical (unpaired) electrons. The highest BCUT2D eigenvalue weighted by Crippen LogP contribution is 2.27. The van der Waals surface area contributed by atoms with Crippen LogP contribution >= 0.6 is 0 Å². The van der Waals surface area contributed by atoms with Gasteiger partial charge < -0.3 is 14.3 Å². The zero-order chi connectivity index (χ0) is 19.8. The Morgan fingerprint density at radius 3 is 2.78 bits per heavy atom. The summed E-state index contributed by atoms with van der Waals surface area (Å²) >= 11 is 0. The minimum Gasteiger partial charge on any atom is -0.426 e. The maximum atomic E-state index is 12.2. The summed E-state index contributed by atoms with van der Waals surface area (Å²) in [7, 11) is 0. The first kappa shape index (κ1) is 19.9. The Bertz CT molecular complexity index is 823. The van der Waals surface area contributed by atoms with Gasteiger partial charge in [0.15, 0.2) is 0 Å². The highest BCUT2D eigenvalue weighted by atomic mass is 16.9. The van der Waals surface area contributed by atoms with Crippen molar-refractivity contribution in [3.05, 3.63) is 63.8 Å². The number of hydrogen-bond acceptors (Lipinski definition) is 7. The largest absolute Gasteiger partial charge is 0.426 e. The summed E-state index contributed by atoms with van der Waals surface area (Å²) in [5, 5.41) is 9.41. The van der Waals surface area contributed by atoms with Crippen molar-refractivity contribution in [2.24, 2.45) is 0 Å². The monoisotopic (exact) mass is 373 g/mol. The van der Waals surface area contributed by atoms with Gasteiger partial charge in [-0.3, -0.25) is 9.59 Å². The lowest BCUT2D eigenvalue weighted by molar-refractivity contribution is -0.755. The van der Waals surface area contributed by atoms with Crippen LogP contribution in [0.5, 0.6) is 11.5 Å². The normalized spacial score (nSPS) is 13.1. The van der Waals surface area contributed by atoms with Crippen molar-refractivity contribution in [1.29, 1.82) is 0 Å². The Kier molecular flexibility index (Phi) is 6.87. The summed E-state index contributed by atoms with van der Waals surface area (Å²) in [6.45, 7) is 4.79. The van der Waals surface area contributed by atoms with E-state index >= 15 is 0 Å². The van der Waals surface area contributed by atoms with E-state index in [0.717, 1.165) is 5.57 Å². The molecule has 27 heavy (non-hydrogen) atoms. The van der Waals surface area contributed by atoms with Crippen LogP contribution in [0.4, 0.5) is 0 Å². The molecular weight excluding hydrogens is 354 g/mol. The van der Waals surface area contributed by atoms with E-state index in [-0.39, 0.29) is 13.0 Å². The number of rotatable bonds is 8. The summed E-state index contributed by atoms with van der Waals surface area (Å²) in [5.41, 5.74) is 1.99. The molecule has 1 aromatic carbocycles. The van der Waals surface area contributed by atoms with Crippen LogP contribution in [0, 0.1) is 10.1 Å². The van der Waals surface area contributed by atoms with Gasteiger partial charge in [-0.05, 0) is 36.6 Å². The number of allylic oxidation sites excluding steroid dienone is 1. The maximum absolute atomic E-state index is 12.2. The first-order chi connectivity index (χ1) is 12.9. The molecule has 0 aromatic heterocycles. The molecule has 0 heterocycles. The molecule has 0 bridgehead atoms. The van der Waals surface area contributed by atoms with Crippen molar-refractivity contribution in [1.82, 2.24) is 0 Å². The van der Waals surface area contributed by atoms with Crippen molar-refractivity contribution in [2.75, 3.05) is 6.61 Å². The highest BCUT2D eigenvalue weighted by molar-refractivity contribution is 5.76. The molecule has 0 fully saturated rings. The van der Waals surface area contributed by atoms with Crippen molar-refractivity contribution in [3.63, 3.8) is 0 Å². The zero-order valence-corrected chi connectivity index (χ0v) is 14.8. The van der Waals surface area contributed by atoms with Crippen LogP contribution in [0.25, 0.3) is 6.08 Å². The Morgan fingerprint density at radius 1 is 1.33 bits per heavy atom. The summed E-state index contributed by atoms with van der Waals surface area (Å²) in [4.78, 5) is 37.9. The molecule has 0 aliphatic heterocycles. The molecule has 8 heteroatoms. The third-order valence-electron chi connectivity index (χ3n) is 3.66. The van der Waals surface area contributed by atoms with E-state index < -0.39 is 17.0 Å². The Morgan fingerprint density at radius 2 is 2.11 bits per heavy atom. The van der Waals surface area contributed by atoms with E-state index in [9.17, 15) is 19.7 Å². The molecule has 0 amide bonds. The van der Waals surface area contributed by atoms with Gasteiger partial charge in [0.2, 0.25) is 0 Å². The number of benzene rings is 1. The quantitative estimate of drug-likeness (QED) is 0.297. The first-order valence-electron chi connectivity index (χ1n) is 8.18. The molecule has 142 valence electrons. The minimum atomic E-state index is -0.853. The number of carbonyl (C=O) groups excluding carboxylic acids is 2. The number of hydrogen-bond donors (Lipinski definition) is 0. The first-order valence-corrected chi connectivity index (χ1v) is 8.18. The van der Waals surface area contributed by atoms with Gasteiger partial charge >= 0.3 is 11.9 Å². The highest BCUT2D eigenvalue weighted by Gasteiger charge is 2.14. The Hall–Kier alpha value is -3.42. The molecule has 8 nitrogen and oxygen atoms in total. The van der Waals surface area contributed by atoms with Crippen LogP contribution in [0.1, 0.15) is 31.7 Å². The van der Waals surface area contributed by atoms with Gasteiger partial charge in [0.1, 0.15) is 18.1 Å². The zero-order valence-electron chi connectivity index (χ0n) is 14.8. The molecule has 0 atom stereocenters. The molecule has 2 rings (SSSR count). The molecule has 0 spiro atoms. The second kappa shape index (κ2) is 9.33. The average molecular weight is 373 g/mol. The van der Waals surface area contributed by atoms with Gasteiger partial charge in [0, 0.05) is 12.5 Å². The lowest BCUT2D eigenvalue weighted by atomic mass is 9.97. The summed E-state index contributed by atoms with van der Waals surface area (Å²) < 4.78 is 10.4. The Labute approximate surface area is 155 Å². The summed E-state index contributed by atoms with van der Waals surface area (Å²) in [6.07, 6.45) is 6.44. The molecule has 1 aliphatic carbocycles. The predicted molar refractivity (Wildman–Crippen MR) is 96.4 cm³/mol. The van der Waals surface area contributed by atoms with Crippen LogP contribution in [-0.2, 0) is 14.4 Å². The number of carbonyl (C=O) groups is 2. The average Bonchev–Trinajstić information content (AvgIpc) is 2.61. The van der Waals surface area contributed by atoms with Gasteiger partial charge in [-0.1, -0.05) is 30.4 Å². The van der Waals surface area contributed by atoms with Gasteiger partial charge in [-0.2, -0.15) is 0 Å². The molecule has 0 unspecified atom stereocenters. The van der Waals surface area contributed by atoms with E-state index in [2.05, 4.69) is 11.4 Å². The SMILES string of the molecule is C=Cc1cc(OC(=O)CC2=CC(CO[N+](=O)[O-])=CCC2)ccc1OC(C)=O. The fourth-order valence-electron chi connectivity index (χ4n) is 2.55. The van der Waals surface area contributed by atoms with Crippen molar-refractivity contribution in [3.8, 4) is 11.5 Å². The van der Waals surface area contributed by atoms with Gasteiger partial charge in [0.25, 0.3) is 5.09 Å². The number of esters is 2. The fraction of sp³-hybridized carbons (Fsp3) is 0.263.